The van der Waals surface area contributed by atoms with Crippen molar-refractivity contribution in [1.82, 2.24) is 4.98 Å². The highest BCUT2D eigenvalue weighted by Gasteiger charge is 2.35. The molecule has 0 spiro atoms. The van der Waals surface area contributed by atoms with Gasteiger partial charge in [-0.15, -0.1) is 11.3 Å². The molecule has 0 radical (unpaired) electrons. The molecule has 0 saturated heterocycles. The fourth-order valence-electron chi connectivity index (χ4n) is 1.96. The molecule has 0 aliphatic rings. The molecular formula is C14H19NO3S. The van der Waals surface area contributed by atoms with Crippen LogP contribution in [0.4, 0.5) is 0 Å². The molecule has 0 bridgehead atoms. The van der Waals surface area contributed by atoms with Gasteiger partial charge in [0.15, 0.2) is 0 Å². The summed E-state index contributed by atoms with van der Waals surface area (Å²) in [7, 11) is 0. The maximum absolute atomic E-state index is 5.74. The van der Waals surface area contributed by atoms with Crippen molar-refractivity contribution in [2.75, 3.05) is 19.8 Å². The standard InChI is InChI=1S/C14H19NO3S/c1-4-16-14(17-5-2,18-6-3)11-9-13-12(15-10-11)7-8-19-13/h7-10H,4-6H2,1-3H3. The predicted molar refractivity (Wildman–Crippen MR) is 76.2 cm³/mol. The molecule has 104 valence electrons. The molecule has 0 aromatic carbocycles. The summed E-state index contributed by atoms with van der Waals surface area (Å²) in [5.74, 6) is -1.15. The Kier molecular flexibility index (Phi) is 4.87. The van der Waals surface area contributed by atoms with Crippen LogP contribution in [0.1, 0.15) is 26.3 Å². The molecule has 5 heteroatoms. The summed E-state index contributed by atoms with van der Waals surface area (Å²) >= 11 is 1.64. The van der Waals surface area contributed by atoms with Crippen LogP contribution >= 0.6 is 11.3 Å². The van der Waals surface area contributed by atoms with Crippen molar-refractivity contribution in [2.45, 2.75) is 26.7 Å². The van der Waals surface area contributed by atoms with Crippen molar-refractivity contribution in [3.05, 3.63) is 29.3 Å². The number of rotatable bonds is 7. The molecule has 4 nitrogen and oxygen atoms in total. The maximum atomic E-state index is 5.74. The van der Waals surface area contributed by atoms with Crippen LogP contribution in [0.3, 0.4) is 0 Å². The molecule has 0 N–H and O–H groups in total. The SMILES string of the molecule is CCOC(OCC)(OCC)c1cnc2ccsc2c1. The lowest BCUT2D eigenvalue weighted by molar-refractivity contribution is -0.389. The molecule has 0 fully saturated rings. The van der Waals surface area contributed by atoms with Gasteiger partial charge in [0.1, 0.15) is 0 Å². The second kappa shape index (κ2) is 6.43. The van der Waals surface area contributed by atoms with E-state index in [1.54, 1.807) is 17.5 Å². The zero-order valence-corrected chi connectivity index (χ0v) is 12.3. The van der Waals surface area contributed by atoms with E-state index in [-0.39, 0.29) is 0 Å². The third kappa shape index (κ3) is 2.95. The fraction of sp³-hybridized carbons (Fsp3) is 0.500. The lowest BCUT2D eigenvalue weighted by atomic mass is 10.2. The van der Waals surface area contributed by atoms with Gasteiger partial charge >= 0.3 is 5.97 Å². The van der Waals surface area contributed by atoms with Crippen LogP contribution in [0.2, 0.25) is 0 Å². The summed E-state index contributed by atoms with van der Waals surface area (Å²) in [6.07, 6.45) is 1.76. The minimum Gasteiger partial charge on any atom is -0.324 e. The monoisotopic (exact) mass is 281 g/mol. The third-order valence-electron chi connectivity index (χ3n) is 2.66. The number of pyridine rings is 1. The quantitative estimate of drug-likeness (QED) is 0.728. The van der Waals surface area contributed by atoms with Crippen LogP contribution in [0.15, 0.2) is 23.7 Å². The summed E-state index contributed by atoms with van der Waals surface area (Å²) in [6.45, 7) is 7.27. The number of hydrogen-bond acceptors (Lipinski definition) is 5. The summed E-state index contributed by atoms with van der Waals surface area (Å²) in [5, 5.41) is 2.02. The van der Waals surface area contributed by atoms with Gasteiger partial charge in [0.25, 0.3) is 0 Å². The Morgan fingerprint density at radius 3 is 2.32 bits per heavy atom. The van der Waals surface area contributed by atoms with Crippen LogP contribution in [-0.4, -0.2) is 24.8 Å². The van der Waals surface area contributed by atoms with E-state index in [0.717, 1.165) is 15.8 Å². The minimum absolute atomic E-state index is 0.502. The van der Waals surface area contributed by atoms with Crippen LogP contribution in [0, 0.1) is 0 Å². The first-order chi connectivity index (χ1) is 9.25. The zero-order valence-electron chi connectivity index (χ0n) is 11.5. The molecular weight excluding hydrogens is 262 g/mol. The molecule has 2 rings (SSSR count). The van der Waals surface area contributed by atoms with Gasteiger partial charge in [0.2, 0.25) is 0 Å². The molecule has 0 unspecified atom stereocenters. The normalized spacial score (nSPS) is 12.2. The van der Waals surface area contributed by atoms with Gasteiger partial charge in [-0.25, -0.2) is 0 Å². The van der Waals surface area contributed by atoms with Gasteiger partial charge in [0.05, 0.1) is 15.8 Å². The van der Waals surface area contributed by atoms with Gasteiger partial charge in [-0.3, -0.25) is 4.98 Å². The number of fused-ring (bicyclic) bond motifs is 1. The largest absolute Gasteiger partial charge is 0.324 e. The van der Waals surface area contributed by atoms with Gasteiger partial charge in [0, 0.05) is 26.0 Å². The summed E-state index contributed by atoms with van der Waals surface area (Å²) in [6, 6.07) is 4.02. The average molecular weight is 281 g/mol. The van der Waals surface area contributed by atoms with Crippen molar-refractivity contribution >= 4 is 21.6 Å². The first-order valence-corrected chi connectivity index (χ1v) is 7.39. The van der Waals surface area contributed by atoms with E-state index in [1.165, 1.54) is 0 Å². The lowest BCUT2D eigenvalue weighted by Crippen LogP contribution is -2.36. The molecule has 0 aliphatic carbocycles. The number of ether oxygens (including phenoxy) is 3. The Bertz CT molecular complexity index is 509. The summed E-state index contributed by atoms with van der Waals surface area (Å²) in [5.41, 5.74) is 1.78. The molecule has 2 aromatic heterocycles. The van der Waals surface area contributed by atoms with Crippen LogP contribution in [-0.2, 0) is 20.2 Å². The Morgan fingerprint density at radius 2 is 1.74 bits per heavy atom. The summed E-state index contributed by atoms with van der Waals surface area (Å²) in [4.78, 5) is 4.42. The van der Waals surface area contributed by atoms with Gasteiger partial charge in [-0.05, 0) is 38.3 Å². The fourth-order valence-corrected chi connectivity index (χ4v) is 2.74. The Hall–Kier alpha value is -1.01. The lowest BCUT2D eigenvalue weighted by Gasteiger charge is -2.32. The topological polar surface area (TPSA) is 40.6 Å². The van der Waals surface area contributed by atoms with Crippen LogP contribution in [0.5, 0.6) is 0 Å². The van der Waals surface area contributed by atoms with Crippen molar-refractivity contribution in [3.63, 3.8) is 0 Å². The van der Waals surface area contributed by atoms with E-state index in [9.17, 15) is 0 Å². The molecule has 0 atom stereocenters. The Labute approximate surface area is 117 Å². The maximum Gasteiger partial charge on any atom is 0.313 e. The van der Waals surface area contributed by atoms with Crippen molar-refractivity contribution in [2.24, 2.45) is 0 Å². The zero-order chi connectivity index (χ0) is 13.7. The third-order valence-corrected chi connectivity index (χ3v) is 3.51. The number of thiophene rings is 1. The highest BCUT2D eigenvalue weighted by atomic mass is 32.1. The van der Waals surface area contributed by atoms with E-state index >= 15 is 0 Å². The van der Waals surface area contributed by atoms with Crippen molar-refractivity contribution < 1.29 is 14.2 Å². The molecule has 0 aliphatic heterocycles. The highest BCUT2D eigenvalue weighted by Crippen LogP contribution is 2.31. The van der Waals surface area contributed by atoms with Crippen LogP contribution in [0.25, 0.3) is 10.2 Å². The predicted octanol–water partition coefficient (Wildman–Crippen LogP) is 3.52. The second-order valence-electron chi connectivity index (χ2n) is 3.88. The van der Waals surface area contributed by atoms with Gasteiger partial charge in [-0.2, -0.15) is 0 Å². The van der Waals surface area contributed by atoms with E-state index in [2.05, 4.69) is 4.98 Å². The molecule has 0 saturated carbocycles. The van der Waals surface area contributed by atoms with Gasteiger partial charge < -0.3 is 14.2 Å². The van der Waals surface area contributed by atoms with E-state index in [0.29, 0.717) is 19.8 Å². The second-order valence-corrected chi connectivity index (χ2v) is 4.83. The van der Waals surface area contributed by atoms with E-state index in [1.807, 2.05) is 38.3 Å². The smallest absolute Gasteiger partial charge is 0.313 e. The minimum atomic E-state index is -1.15. The number of aromatic nitrogens is 1. The van der Waals surface area contributed by atoms with Gasteiger partial charge in [-0.1, -0.05) is 0 Å². The Morgan fingerprint density at radius 1 is 1.11 bits per heavy atom. The summed E-state index contributed by atoms with van der Waals surface area (Å²) < 4.78 is 18.3. The highest BCUT2D eigenvalue weighted by molar-refractivity contribution is 7.17. The molecule has 2 heterocycles. The van der Waals surface area contributed by atoms with Crippen LogP contribution < -0.4 is 0 Å². The first kappa shape index (κ1) is 14.4. The van der Waals surface area contributed by atoms with Crippen molar-refractivity contribution in [1.29, 1.82) is 0 Å². The van der Waals surface area contributed by atoms with E-state index < -0.39 is 5.97 Å². The number of hydrogen-bond donors (Lipinski definition) is 0. The first-order valence-electron chi connectivity index (χ1n) is 6.51. The molecule has 2 aromatic rings. The average Bonchev–Trinajstić information content (AvgIpc) is 2.86. The molecule has 0 amide bonds. The number of nitrogens with zero attached hydrogens (tertiary/aromatic N) is 1. The van der Waals surface area contributed by atoms with Crippen molar-refractivity contribution in [3.8, 4) is 0 Å². The Balaban J connectivity index is 2.44. The van der Waals surface area contributed by atoms with E-state index in [4.69, 9.17) is 14.2 Å². The molecule has 19 heavy (non-hydrogen) atoms.